The van der Waals surface area contributed by atoms with Crippen LogP contribution in [0.5, 0.6) is 17.2 Å². The molecule has 0 amide bonds. The fourth-order valence-corrected chi connectivity index (χ4v) is 5.76. The lowest BCUT2D eigenvalue weighted by Gasteiger charge is -2.20. The van der Waals surface area contributed by atoms with Crippen LogP contribution in [0.15, 0.2) is 48.7 Å². The molecule has 0 saturated carbocycles. The molecule has 1 aliphatic heterocycles. The number of halogens is 3. The van der Waals surface area contributed by atoms with Gasteiger partial charge >= 0.3 is 12.1 Å². The summed E-state index contributed by atoms with van der Waals surface area (Å²) in [6.45, 7) is 2.04. The minimum Gasteiger partial charge on any atom is -0.496 e. The van der Waals surface area contributed by atoms with Crippen molar-refractivity contribution in [3.63, 3.8) is 0 Å². The van der Waals surface area contributed by atoms with E-state index in [0.717, 1.165) is 31.6 Å². The number of hydrogen-bond acceptors (Lipinski definition) is 7. The number of likely N-dealkylation sites (tertiary alicyclic amines) is 1. The maximum absolute atomic E-state index is 14.1. The van der Waals surface area contributed by atoms with Crippen molar-refractivity contribution >= 4 is 22.7 Å². The highest BCUT2D eigenvalue weighted by atomic mass is 19.4. The van der Waals surface area contributed by atoms with Gasteiger partial charge in [-0.15, -0.1) is 0 Å². The molecule has 43 heavy (non-hydrogen) atoms. The summed E-state index contributed by atoms with van der Waals surface area (Å²) in [5.41, 5.74) is -0.254. The van der Waals surface area contributed by atoms with Crippen molar-refractivity contribution in [2.24, 2.45) is 7.05 Å². The third kappa shape index (κ3) is 6.11. The molecule has 0 radical (unpaired) electrons. The first-order valence-electron chi connectivity index (χ1n) is 13.7. The van der Waals surface area contributed by atoms with Gasteiger partial charge in [-0.1, -0.05) is 12.1 Å². The van der Waals surface area contributed by atoms with Crippen LogP contribution in [0, 0.1) is 0 Å². The van der Waals surface area contributed by atoms with E-state index >= 15 is 0 Å². The van der Waals surface area contributed by atoms with E-state index in [1.165, 1.54) is 11.7 Å². The average Bonchev–Trinajstić information content (AvgIpc) is 3.47. The lowest BCUT2D eigenvalue weighted by atomic mass is 9.95. The van der Waals surface area contributed by atoms with Crippen molar-refractivity contribution in [3.8, 4) is 28.4 Å². The van der Waals surface area contributed by atoms with Crippen molar-refractivity contribution in [2.75, 3.05) is 46.7 Å². The van der Waals surface area contributed by atoms with Crippen LogP contribution in [0.2, 0.25) is 0 Å². The lowest BCUT2D eigenvalue weighted by molar-refractivity contribution is -0.137. The van der Waals surface area contributed by atoms with Crippen molar-refractivity contribution in [1.29, 1.82) is 0 Å². The Kier molecular flexibility index (Phi) is 8.26. The highest BCUT2D eigenvalue weighted by Crippen LogP contribution is 2.46. The van der Waals surface area contributed by atoms with Gasteiger partial charge in [0.15, 0.2) is 5.75 Å². The Labute approximate surface area is 247 Å². The highest BCUT2D eigenvalue weighted by Gasteiger charge is 2.35. The average molecular weight is 598 g/mol. The number of aromatic carboxylic acids is 1. The Morgan fingerprint density at radius 1 is 1.19 bits per heavy atom. The molecule has 4 aromatic rings. The summed E-state index contributed by atoms with van der Waals surface area (Å²) < 4.78 is 55.6. The van der Waals surface area contributed by atoms with Gasteiger partial charge in [0.1, 0.15) is 23.0 Å². The summed E-state index contributed by atoms with van der Waals surface area (Å²) in [5.74, 6) is 0.327. The number of alkyl halides is 3. The second-order valence-electron chi connectivity index (χ2n) is 11.1. The molecule has 0 aliphatic carbocycles. The number of aromatic nitrogens is 2. The summed E-state index contributed by atoms with van der Waals surface area (Å²) >= 11 is 0. The predicted octanol–water partition coefficient (Wildman–Crippen LogP) is 5.94. The lowest BCUT2D eigenvalue weighted by Crippen LogP contribution is -2.23. The fourth-order valence-electron chi connectivity index (χ4n) is 5.76. The second kappa shape index (κ2) is 11.8. The number of aryl methyl sites for hydroxylation is 1. The zero-order valence-corrected chi connectivity index (χ0v) is 24.6. The number of nitrogens with zero attached hydrogens (tertiary/aromatic N) is 4. The molecule has 1 unspecified atom stereocenters. The molecule has 5 rings (SSSR count). The molecular weight excluding hydrogens is 563 g/mol. The Bertz CT molecular complexity index is 1670. The standard InChI is InChI=1S/C31H34F3N5O4/c1-37(2)16-18-13-19(31(32,33)34)14-23(29(18)42-5)26-22-7-6-8-24(27(22)39(4)28(26)30(40)41)43-21-9-11-35-25(15-21)36-20-10-12-38(3)17-20/h6-9,11,13-15,20H,10,12,16-17H2,1-5H3,(H,35,36)(H,40,41). The van der Waals surface area contributed by atoms with Gasteiger partial charge < -0.3 is 34.3 Å². The van der Waals surface area contributed by atoms with E-state index < -0.39 is 17.7 Å². The third-order valence-corrected chi connectivity index (χ3v) is 7.53. The van der Waals surface area contributed by atoms with E-state index in [1.54, 1.807) is 62.6 Å². The maximum atomic E-state index is 14.1. The summed E-state index contributed by atoms with van der Waals surface area (Å²) in [7, 11) is 8.45. The molecule has 1 aliphatic rings. The van der Waals surface area contributed by atoms with E-state index in [2.05, 4.69) is 22.2 Å². The molecule has 1 atom stereocenters. The van der Waals surface area contributed by atoms with Crippen molar-refractivity contribution < 1.29 is 32.5 Å². The van der Waals surface area contributed by atoms with E-state index in [-0.39, 0.29) is 40.7 Å². The molecule has 1 fully saturated rings. The largest absolute Gasteiger partial charge is 0.496 e. The van der Waals surface area contributed by atoms with Crippen LogP contribution in [-0.4, -0.2) is 77.8 Å². The molecule has 9 nitrogen and oxygen atoms in total. The Morgan fingerprint density at radius 2 is 1.95 bits per heavy atom. The van der Waals surface area contributed by atoms with E-state index in [1.807, 2.05) is 0 Å². The van der Waals surface area contributed by atoms with Crippen LogP contribution < -0.4 is 14.8 Å². The van der Waals surface area contributed by atoms with E-state index in [4.69, 9.17) is 9.47 Å². The van der Waals surface area contributed by atoms with Gasteiger partial charge in [0.05, 0.1) is 18.2 Å². The number of carboxylic acid groups (broad SMARTS) is 1. The van der Waals surface area contributed by atoms with Crippen LogP contribution in [0.3, 0.4) is 0 Å². The number of benzene rings is 2. The second-order valence-corrected chi connectivity index (χ2v) is 11.1. The number of nitrogens with one attached hydrogen (secondary N) is 1. The smallest absolute Gasteiger partial charge is 0.416 e. The Morgan fingerprint density at radius 3 is 2.58 bits per heavy atom. The number of fused-ring (bicyclic) bond motifs is 1. The first kappa shape index (κ1) is 30.2. The minimum absolute atomic E-state index is 0.0336. The topological polar surface area (TPSA) is 92.1 Å². The molecule has 2 aromatic heterocycles. The monoisotopic (exact) mass is 597 g/mol. The zero-order chi connectivity index (χ0) is 31.1. The van der Waals surface area contributed by atoms with E-state index in [0.29, 0.717) is 28.2 Å². The summed E-state index contributed by atoms with van der Waals surface area (Å²) in [5, 5.41) is 14.2. The zero-order valence-electron chi connectivity index (χ0n) is 24.6. The van der Waals surface area contributed by atoms with Gasteiger partial charge in [-0.3, -0.25) is 0 Å². The number of anilines is 1. The maximum Gasteiger partial charge on any atom is 0.416 e. The van der Waals surface area contributed by atoms with E-state index in [9.17, 15) is 23.1 Å². The molecule has 0 bridgehead atoms. The van der Waals surface area contributed by atoms with Crippen LogP contribution in [0.4, 0.5) is 19.0 Å². The molecule has 0 spiro atoms. The number of para-hydroxylation sites is 1. The fraction of sp³-hybridized carbons (Fsp3) is 0.355. The molecular formula is C31H34F3N5O4. The van der Waals surface area contributed by atoms with Gasteiger partial charge in [-0.25, -0.2) is 9.78 Å². The van der Waals surface area contributed by atoms with Gasteiger partial charge in [-0.2, -0.15) is 13.2 Å². The van der Waals surface area contributed by atoms with Crippen LogP contribution in [0.1, 0.15) is 28.0 Å². The van der Waals surface area contributed by atoms with Crippen molar-refractivity contribution in [2.45, 2.75) is 25.2 Å². The Hall–Kier alpha value is -4.29. The summed E-state index contributed by atoms with van der Waals surface area (Å²) in [6, 6.07) is 10.8. The Balaban J connectivity index is 1.66. The van der Waals surface area contributed by atoms with Crippen LogP contribution >= 0.6 is 0 Å². The third-order valence-electron chi connectivity index (χ3n) is 7.53. The number of methoxy groups -OCH3 is 1. The predicted molar refractivity (Wildman–Crippen MR) is 158 cm³/mol. The SMILES string of the molecule is COc1c(CN(C)C)cc(C(F)(F)F)cc1-c1c(C(=O)O)n(C)c2c(Oc3ccnc(NC4CCN(C)C4)c3)cccc12. The molecule has 3 heterocycles. The minimum atomic E-state index is -4.66. The van der Waals surface area contributed by atoms with Crippen LogP contribution in [-0.2, 0) is 19.8 Å². The highest BCUT2D eigenvalue weighted by molar-refractivity contribution is 6.10. The van der Waals surface area contributed by atoms with Gasteiger partial charge in [0, 0.05) is 60.5 Å². The van der Waals surface area contributed by atoms with Gasteiger partial charge in [0.2, 0.25) is 0 Å². The number of carboxylic acids is 1. The number of likely N-dealkylation sites (N-methyl/N-ethyl adjacent to an activating group) is 1. The van der Waals surface area contributed by atoms with Crippen LogP contribution in [0.25, 0.3) is 22.0 Å². The number of ether oxygens (including phenoxy) is 2. The van der Waals surface area contributed by atoms with Crippen molar-refractivity contribution in [1.82, 2.24) is 19.4 Å². The number of hydrogen-bond donors (Lipinski definition) is 2. The molecule has 2 N–H and O–H groups in total. The first-order valence-corrected chi connectivity index (χ1v) is 13.7. The number of carbonyl (C=O) groups is 1. The van der Waals surface area contributed by atoms with Gasteiger partial charge in [-0.05, 0) is 58.4 Å². The summed E-state index contributed by atoms with van der Waals surface area (Å²) in [6.07, 6.45) is -2.05. The summed E-state index contributed by atoms with van der Waals surface area (Å²) in [4.78, 5) is 21.0. The molecule has 2 aromatic carbocycles. The normalized spacial score (nSPS) is 15.8. The quantitative estimate of drug-likeness (QED) is 0.245. The van der Waals surface area contributed by atoms with Crippen molar-refractivity contribution in [3.05, 3.63) is 65.5 Å². The van der Waals surface area contributed by atoms with Gasteiger partial charge in [0.25, 0.3) is 0 Å². The molecule has 228 valence electrons. The molecule has 12 heteroatoms. The molecule has 1 saturated heterocycles. The first-order chi connectivity index (χ1) is 20.4. The number of pyridine rings is 1. The number of rotatable bonds is 9.